The van der Waals surface area contributed by atoms with Crippen molar-refractivity contribution in [2.45, 2.75) is 37.8 Å². The third kappa shape index (κ3) is 10.1. The van der Waals surface area contributed by atoms with Gasteiger partial charge in [0.1, 0.15) is 11.6 Å². The maximum atomic E-state index is 10.6. The predicted molar refractivity (Wildman–Crippen MR) is 119 cm³/mol. The van der Waals surface area contributed by atoms with E-state index >= 15 is 0 Å². The van der Waals surface area contributed by atoms with Crippen LogP contribution in [0.3, 0.4) is 0 Å². The smallest absolute Gasteiger partial charge is 0.475 e. The SMILES string of the molecule is O=C(O)C(F)(F)F.O=C(O)C(F)(F)F.c1cc(CN2CCOCC2c2nccc(N3CCCC3)n2)ccn1. The minimum absolute atomic E-state index is 0.106. The largest absolute Gasteiger partial charge is 0.490 e. The van der Waals surface area contributed by atoms with Gasteiger partial charge in [-0.25, -0.2) is 19.6 Å². The molecule has 2 aromatic heterocycles. The van der Waals surface area contributed by atoms with Gasteiger partial charge >= 0.3 is 24.3 Å². The quantitative estimate of drug-likeness (QED) is 0.544. The lowest BCUT2D eigenvalue weighted by Crippen LogP contribution is -2.40. The molecule has 38 heavy (non-hydrogen) atoms. The number of alkyl halides is 6. The molecule has 0 spiro atoms. The van der Waals surface area contributed by atoms with E-state index in [1.165, 1.54) is 18.4 Å². The standard InChI is InChI=1S/C18H23N5O.2C2HF3O2/c1-2-10-22(9-1)17-5-8-20-18(21-17)16-14-24-12-11-23(16)13-15-3-6-19-7-4-15;2*3-2(4,5)1(6)7/h3-8,16H,1-2,9-14H2;2*(H,6,7). The van der Waals surface area contributed by atoms with E-state index in [0.717, 1.165) is 44.4 Å². The molecule has 1 unspecified atom stereocenters. The van der Waals surface area contributed by atoms with E-state index in [-0.39, 0.29) is 6.04 Å². The van der Waals surface area contributed by atoms with E-state index in [1.807, 2.05) is 24.7 Å². The highest BCUT2D eigenvalue weighted by Crippen LogP contribution is 2.26. The second kappa shape index (κ2) is 13.9. The number of aliphatic carboxylic acids is 2. The normalized spacial score (nSPS) is 18.1. The van der Waals surface area contributed by atoms with Crippen molar-refractivity contribution >= 4 is 17.8 Å². The molecule has 0 saturated carbocycles. The first kappa shape index (κ1) is 30.7. The summed E-state index contributed by atoms with van der Waals surface area (Å²) in [6.07, 6.45) is -2.10. The fourth-order valence-corrected chi connectivity index (χ4v) is 3.43. The molecule has 4 heterocycles. The molecular weight excluding hydrogens is 528 g/mol. The van der Waals surface area contributed by atoms with Gasteiger partial charge in [0.2, 0.25) is 0 Å². The molecule has 1 atom stereocenters. The minimum Gasteiger partial charge on any atom is -0.475 e. The maximum Gasteiger partial charge on any atom is 0.490 e. The zero-order chi connectivity index (χ0) is 28.3. The number of ether oxygens (including phenoxy) is 1. The Morgan fingerprint density at radius 1 is 0.921 bits per heavy atom. The number of carboxylic acids is 2. The van der Waals surface area contributed by atoms with Crippen molar-refractivity contribution < 1.29 is 50.9 Å². The van der Waals surface area contributed by atoms with E-state index in [2.05, 4.69) is 31.9 Å². The Hall–Kier alpha value is -3.53. The van der Waals surface area contributed by atoms with Crippen LogP contribution in [0.25, 0.3) is 0 Å². The van der Waals surface area contributed by atoms with Gasteiger partial charge in [-0.1, -0.05) is 0 Å². The molecule has 10 nitrogen and oxygen atoms in total. The first-order valence-corrected chi connectivity index (χ1v) is 11.2. The van der Waals surface area contributed by atoms with E-state index in [1.54, 1.807) is 0 Å². The summed E-state index contributed by atoms with van der Waals surface area (Å²) in [7, 11) is 0. The topological polar surface area (TPSA) is 129 Å². The molecule has 0 amide bonds. The van der Waals surface area contributed by atoms with Gasteiger partial charge in [0.05, 0.1) is 19.3 Å². The number of aromatic nitrogens is 3. The number of morpholine rings is 1. The summed E-state index contributed by atoms with van der Waals surface area (Å²) in [4.78, 5) is 36.0. The second-order valence-electron chi connectivity index (χ2n) is 7.99. The molecule has 16 heteroatoms. The molecule has 2 aliphatic heterocycles. The lowest BCUT2D eigenvalue weighted by Gasteiger charge is -2.34. The summed E-state index contributed by atoms with van der Waals surface area (Å²) >= 11 is 0. The average Bonchev–Trinajstić information content (AvgIpc) is 3.40. The van der Waals surface area contributed by atoms with Crippen molar-refractivity contribution in [3.8, 4) is 0 Å². The number of pyridine rings is 1. The number of carboxylic acid groups (broad SMARTS) is 2. The zero-order valence-corrected chi connectivity index (χ0v) is 19.8. The molecular formula is C22H25F6N5O5. The summed E-state index contributed by atoms with van der Waals surface area (Å²) in [5.74, 6) is -3.60. The first-order chi connectivity index (χ1) is 17.8. The zero-order valence-electron chi connectivity index (χ0n) is 19.8. The van der Waals surface area contributed by atoms with Crippen LogP contribution < -0.4 is 4.90 Å². The van der Waals surface area contributed by atoms with Crippen LogP contribution in [0.5, 0.6) is 0 Å². The summed E-state index contributed by atoms with van der Waals surface area (Å²) in [6.45, 7) is 5.36. The second-order valence-corrected chi connectivity index (χ2v) is 7.99. The average molecular weight is 553 g/mol. The van der Waals surface area contributed by atoms with E-state index in [4.69, 9.17) is 29.5 Å². The molecule has 2 fully saturated rings. The predicted octanol–water partition coefficient (Wildman–Crippen LogP) is 3.31. The number of hydrogen-bond donors (Lipinski definition) is 2. The fraction of sp³-hybridized carbons (Fsp3) is 0.500. The van der Waals surface area contributed by atoms with Crippen molar-refractivity contribution in [1.82, 2.24) is 19.9 Å². The number of halogens is 6. The van der Waals surface area contributed by atoms with Crippen LogP contribution in [0.1, 0.15) is 30.3 Å². The summed E-state index contributed by atoms with van der Waals surface area (Å²) in [5.41, 5.74) is 1.26. The molecule has 0 aliphatic carbocycles. The lowest BCUT2D eigenvalue weighted by molar-refractivity contribution is -0.193. The molecule has 2 saturated heterocycles. The van der Waals surface area contributed by atoms with Gasteiger partial charge < -0.3 is 19.8 Å². The fourth-order valence-electron chi connectivity index (χ4n) is 3.43. The van der Waals surface area contributed by atoms with Gasteiger partial charge in [0.15, 0.2) is 0 Å². The molecule has 2 aliphatic rings. The van der Waals surface area contributed by atoms with Gasteiger partial charge in [-0.05, 0) is 36.6 Å². The van der Waals surface area contributed by atoms with Crippen LogP contribution >= 0.6 is 0 Å². The Labute approximate surface area is 212 Å². The Morgan fingerprint density at radius 2 is 1.47 bits per heavy atom. The van der Waals surface area contributed by atoms with Gasteiger partial charge in [0.25, 0.3) is 0 Å². The van der Waals surface area contributed by atoms with Crippen molar-refractivity contribution in [2.75, 3.05) is 37.7 Å². The minimum atomic E-state index is -5.08. The monoisotopic (exact) mass is 553 g/mol. The van der Waals surface area contributed by atoms with E-state index in [9.17, 15) is 26.3 Å². The Morgan fingerprint density at radius 3 is 2.00 bits per heavy atom. The van der Waals surface area contributed by atoms with Gasteiger partial charge in [0, 0.05) is 44.8 Å². The number of anilines is 1. The van der Waals surface area contributed by atoms with Gasteiger partial charge in [-0.2, -0.15) is 26.3 Å². The number of carbonyl (C=O) groups is 2. The Kier molecular flexibility index (Phi) is 11.2. The van der Waals surface area contributed by atoms with Crippen molar-refractivity contribution in [2.24, 2.45) is 0 Å². The lowest BCUT2D eigenvalue weighted by atomic mass is 10.1. The van der Waals surface area contributed by atoms with Gasteiger partial charge in [-0.3, -0.25) is 9.88 Å². The Bertz CT molecular complexity index is 1010. The molecule has 0 aromatic carbocycles. The molecule has 2 aromatic rings. The molecule has 210 valence electrons. The van der Waals surface area contributed by atoms with Crippen LogP contribution in [0.2, 0.25) is 0 Å². The highest BCUT2D eigenvalue weighted by Gasteiger charge is 2.39. The van der Waals surface area contributed by atoms with E-state index in [0.29, 0.717) is 6.61 Å². The number of nitrogens with zero attached hydrogens (tertiary/aromatic N) is 5. The summed E-state index contributed by atoms with van der Waals surface area (Å²) < 4.78 is 69.2. The maximum absolute atomic E-state index is 10.6. The highest BCUT2D eigenvalue weighted by atomic mass is 19.4. The van der Waals surface area contributed by atoms with E-state index < -0.39 is 24.3 Å². The number of hydrogen-bond acceptors (Lipinski definition) is 8. The molecule has 4 rings (SSSR count). The molecule has 0 radical (unpaired) electrons. The van der Waals surface area contributed by atoms with Crippen molar-refractivity contribution in [3.63, 3.8) is 0 Å². The number of rotatable bonds is 4. The van der Waals surface area contributed by atoms with Crippen molar-refractivity contribution in [1.29, 1.82) is 0 Å². The van der Waals surface area contributed by atoms with Crippen molar-refractivity contribution in [3.05, 3.63) is 48.2 Å². The van der Waals surface area contributed by atoms with Crippen LogP contribution in [-0.2, 0) is 20.9 Å². The molecule has 0 bridgehead atoms. The first-order valence-electron chi connectivity index (χ1n) is 11.2. The third-order valence-corrected chi connectivity index (χ3v) is 5.25. The highest BCUT2D eigenvalue weighted by molar-refractivity contribution is 5.73. The van der Waals surface area contributed by atoms with Gasteiger partial charge in [-0.15, -0.1) is 0 Å². The van der Waals surface area contributed by atoms with Crippen LogP contribution in [-0.4, -0.2) is 87.2 Å². The third-order valence-electron chi connectivity index (χ3n) is 5.25. The summed E-state index contributed by atoms with van der Waals surface area (Å²) in [5, 5.41) is 14.2. The molecule has 2 N–H and O–H groups in total. The van der Waals surface area contributed by atoms with Crippen LogP contribution in [0.15, 0.2) is 36.8 Å². The van der Waals surface area contributed by atoms with Crippen LogP contribution in [0, 0.1) is 0 Å². The summed E-state index contributed by atoms with van der Waals surface area (Å²) in [6, 6.07) is 6.25. The Balaban J connectivity index is 0.000000301. The van der Waals surface area contributed by atoms with Crippen LogP contribution in [0.4, 0.5) is 32.2 Å².